The lowest BCUT2D eigenvalue weighted by molar-refractivity contribution is 0.813. The summed E-state index contributed by atoms with van der Waals surface area (Å²) >= 11 is 3.16. The third-order valence-electron chi connectivity index (χ3n) is 2.59. The zero-order valence-corrected chi connectivity index (χ0v) is 11.1. The number of hydrogen-bond donors (Lipinski definition) is 1. The second kappa shape index (κ2) is 5.03. The van der Waals surface area contributed by atoms with Gasteiger partial charge in [-0.25, -0.2) is 0 Å². The first-order chi connectivity index (χ1) is 7.74. The minimum Gasteiger partial charge on any atom is -0.319 e. The molecular weight excluding hydrogens is 238 g/mol. The summed E-state index contributed by atoms with van der Waals surface area (Å²) in [4.78, 5) is 2.40. The molecular formula is C11H15N3S2. The van der Waals surface area contributed by atoms with Crippen molar-refractivity contribution in [2.45, 2.75) is 32.7 Å². The van der Waals surface area contributed by atoms with Crippen molar-refractivity contribution in [3.05, 3.63) is 32.5 Å². The molecule has 1 atom stereocenters. The molecule has 86 valence electrons. The molecule has 2 aromatic heterocycles. The zero-order valence-electron chi connectivity index (χ0n) is 9.43. The van der Waals surface area contributed by atoms with Crippen LogP contribution in [0.25, 0.3) is 0 Å². The Balaban J connectivity index is 2.30. The van der Waals surface area contributed by atoms with Crippen LogP contribution < -0.4 is 5.73 Å². The highest BCUT2D eigenvalue weighted by molar-refractivity contribution is 7.10. The highest BCUT2D eigenvalue weighted by Crippen LogP contribution is 2.29. The van der Waals surface area contributed by atoms with Gasteiger partial charge in [-0.05, 0) is 41.9 Å². The Morgan fingerprint density at radius 3 is 2.94 bits per heavy atom. The minimum absolute atomic E-state index is 0.0622. The molecule has 0 aromatic carbocycles. The summed E-state index contributed by atoms with van der Waals surface area (Å²) in [5.41, 5.74) is 8.54. The van der Waals surface area contributed by atoms with E-state index in [9.17, 15) is 0 Å². The van der Waals surface area contributed by atoms with E-state index in [0.717, 1.165) is 23.4 Å². The maximum atomic E-state index is 6.27. The van der Waals surface area contributed by atoms with Gasteiger partial charge in [0.25, 0.3) is 0 Å². The van der Waals surface area contributed by atoms with Crippen LogP contribution in [0, 0.1) is 6.92 Å². The quantitative estimate of drug-likeness (QED) is 0.911. The molecule has 0 spiro atoms. The van der Waals surface area contributed by atoms with E-state index in [4.69, 9.17) is 5.73 Å². The molecule has 0 aliphatic rings. The summed E-state index contributed by atoms with van der Waals surface area (Å²) < 4.78 is 4.02. The smallest absolute Gasteiger partial charge is 0.0807 e. The van der Waals surface area contributed by atoms with Gasteiger partial charge in [0.05, 0.1) is 16.6 Å². The summed E-state index contributed by atoms with van der Waals surface area (Å²) in [6.45, 7) is 4.25. The van der Waals surface area contributed by atoms with E-state index in [1.165, 1.54) is 22.0 Å². The third kappa shape index (κ3) is 2.16. The molecule has 0 radical (unpaired) electrons. The first-order valence-electron chi connectivity index (χ1n) is 5.34. The Morgan fingerprint density at radius 2 is 2.31 bits per heavy atom. The number of hydrogen-bond acceptors (Lipinski definition) is 5. The fourth-order valence-corrected chi connectivity index (χ4v) is 3.19. The molecule has 2 rings (SSSR count). The van der Waals surface area contributed by atoms with Gasteiger partial charge < -0.3 is 5.73 Å². The monoisotopic (exact) mass is 253 g/mol. The first-order valence-corrected chi connectivity index (χ1v) is 7.00. The zero-order chi connectivity index (χ0) is 11.5. The first kappa shape index (κ1) is 11.7. The molecule has 3 nitrogen and oxygen atoms in total. The largest absolute Gasteiger partial charge is 0.319 e. The van der Waals surface area contributed by atoms with Crippen molar-refractivity contribution in [3.63, 3.8) is 0 Å². The van der Waals surface area contributed by atoms with Crippen molar-refractivity contribution in [2.75, 3.05) is 0 Å². The Labute approximate surface area is 103 Å². The van der Waals surface area contributed by atoms with E-state index in [2.05, 4.69) is 34.9 Å². The van der Waals surface area contributed by atoms with Gasteiger partial charge in [-0.2, -0.15) is 0 Å². The molecule has 5 heteroatoms. The summed E-state index contributed by atoms with van der Waals surface area (Å²) in [7, 11) is 0. The van der Waals surface area contributed by atoms with Crippen molar-refractivity contribution < 1.29 is 0 Å². The van der Waals surface area contributed by atoms with E-state index in [-0.39, 0.29) is 6.04 Å². The highest BCUT2D eigenvalue weighted by Gasteiger charge is 2.18. The van der Waals surface area contributed by atoms with Crippen LogP contribution >= 0.6 is 22.9 Å². The van der Waals surface area contributed by atoms with Crippen molar-refractivity contribution in [1.82, 2.24) is 9.59 Å². The van der Waals surface area contributed by atoms with E-state index < -0.39 is 0 Å². The van der Waals surface area contributed by atoms with Gasteiger partial charge >= 0.3 is 0 Å². The second-order valence-corrected chi connectivity index (χ2v) is 5.65. The Hall–Kier alpha value is -0.780. The van der Waals surface area contributed by atoms with Crippen molar-refractivity contribution in [3.8, 4) is 0 Å². The van der Waals surface area contributed by atoms with Crippen LogP contribution in [0.5, 0.6) is 0 Å². The number of aromatic nitrogens is 2. The Morgan fingerprint density at radius 1 is 1.50 bits per heavy atom. The molecule has 2 aromatic rings. The van der Waals surface area contributed by atoms with Gasteiger partial charge in [0.2, 0.25) is 0 Å². The molecule has 0 fully saturated rings. The lowest BCUT2D eigenvalue weighted by Gasteiger charge is -2.10. The molecule has 0 bridgehead atoms. The Kier molecular flexibility index (Phi) is 3.68. The van der Waals surface area contributed by atoms with Gasteiger partial charge in [-0.1, -0.05) is 17.8 Å². The predicted octanol–water partition coefficient (Wildman–Crippen LogP) is 2.91. The molecule has 0 aliphatic carbocycles. The minimum atomic E-state index is -0.0622. The summed E-state index contributed by atoms with van der Waals surface area (Å²) in [6.07, 6.45) is 2.04. The van der Waals surface area contributed by atoms with Gasteiger partial charge in [-0.3, -0.25) is 0 Å². The maximum Gasteiger partial charge on any atom is 0.0807 e. The number of nitrogens with two attached hydrogens (primary N) is 1. The lowest BCUT2D eigenvalue weighted by Crippen LogP contribution is -2.12. The highest BCUT2D eigenvalue weighted by atomic mass is 32.1. The van der Waals surface area contributed by atoms with Crippen LogP contribution in [0.3, 0.4) is 0 Å². The molecule has 0 amide bonds. The maximum absolute atomic E-state index is 6.27. The van der Waals surface area contributed by atoms with Crippen LogP contribution in [0.2, 0.25) is 0 Å². The van der Waals surface area contributed by atoms with Crippen LogP contribution in [-0.2, 0) is 6.42 Å². The van der Waals surface area contributed by atoms with Crippen molar-refractivity contribution >= 4 is 22.9 Å². The van der Waals surface area contributed by atoms with Crippen LogP contribution in [0.15, 0.2) is 11.4 Å². The molecule has 0 saturated carbocycles. The van der Waals surface area contributed by atoms with Crippen molar-refractivity contribution in [2.24, 2.45) is 5.73 Å². The second-order valence-electron chi connectivity index (χ2n) is 3.74. The van der Waals surface area contributed by atoms with Gasteiger partial charge in [0.15, 0.2) is 0 Å². The van der Waals surface area contributed by atoms with Crippen LogP contribution in [0.1, 0.15) is 40.4 Å². The van der Waals surface area contributed by atoms with Gasteiger partial charge in [0.1, 0.15) is 0 Å². The van der Waals surface area contributed by atoms with E-state index in [1.54, 1.807) is 11.3 Å². The standard InChI is InChI=1S/C11H15N3S2/c1-3-4-9-11(16-14-13-9)10(12)8-5-6-15-7(8)2/h5-6,10H,3-4,12H2,1-2H3. The fraction of sp³-hybridized carbons (Fsp3) is 0.455. The average molecular weight is 253 g/mol. The molecule has 16 heavy (non-hydrogen) atoms. The van der Waals surface area contributed by atoms with Gasteiger partial charge in [-0.15, -0.1) is 16.4 Å². The Bertz CT molecular complexity index is 461. The third-order valence-corrected chi connectivity index (χ3v) is 4.30. The summed E-state index contributed by atoms with van der Waals surface area (Å²) in [6, 6.07) is 2.04. The van der Waals surface area contributed by atoms with E-state index >= 15 is 0 Å². The number of rotatable bonds is 4. The summed E-state index contributed by atoms with van der Waals surface area (Å²) in [5.74, 6) is 0. The molecule has 2 heterocycles. The van der Waals surface area contributed by atoms with Crippen LogP contribution in [-0.4, -0.2) is 9.59 Å². The molecule has 1 unspecified atom stereocenters. The molecule has 0 aliphatic heterocycles. The molecule has 0 saturated heterocycles. The summed E-state index contributed by atoms with van der Waals surface area (Å²) in [5, 5.41) is 6.24. The normalized spacial score (nSPS) is 12.9. The average Bonchev–Trinajstić information content (AvgIpc) is 2.87. The van der Waals surface area contributed by atoms with E-state index in [0.29, 0.717) is 0 Å². The SMILES string of the molecule is CCCc1nnsc1C(N)c1ccsc1C. The number of aryl methyl sites for hydroxylation is 2. The number of thiophene rings is 1. The number of nitrogens with zero attached hydrogens (tertiary/aromatic N) is 2. The molecule has 2 N–H and O–H groups in total. The van der Waals surface area contributed by atoms with Crippen LogP contribution in [0.4, 0.5) is 0 Å². The lowest BCUT2D eigenvalue weighted by atomic mass is 10.1. The predicted molar refractivity (Wildman–Crippen MR) is 69.0 cm³/mol. The topological polar surface area (TPSA) is 51.8 Å². The van der Waals surface area contributed by atoms with Gasteiger partial charge in [0, 0.05) is 4.88 Å². The fourth-order valence-electron chi connectivity index (χ4n) is 1.72. The van der Waals surface area contributed by atoms with Crippen molar-refractivity contribution in [1.29, 1.82) is 0 Å². The van der Waals surface area contributed by atoms with E-state index in [1.807, 2.05) is 0 Å².